The van der Waals surface area contributed by atoms with Crippen LogP contribution in [0.4, 0.5) is 5.69 Å². The topological polar surface area (TPSA) is 137 Å². The number of amides is 1. The van der Waals surface area contributed by atoms with Gasteiger partial charge >= 0.3 is 5.97 Å². The molecule has 0 radical (unpaired) electrons. The van der Waals surface area contributed by atoms with Gasteiger partial charge in [0, 0.05) is 11.4 Å². The molecule has 0 saturated heterocycles. The molecular formula is C17H21N3O6S2. The van der Waals surface area contributed by atoms with E-state index >= 15 is 0 Å². The maximum atomic E-state index is 12.7. The van der Waals surface area contributed by atoms with Crippen LogP contribution in [0.15, 0.2) is 44.8 Å². The van der Waals surface area contributed by atoms with E-state index in [2.05, 4.69) is 10.6 Å². The van der Waals surface area contributed by atoms with Gasteiger partial charge in [-0.15, -0.1) is 0 Å². The summed E-state index contributed by atoms with van der Waals surface area (Å²) in [4.78, 5) is 25.1. The third-order valence-corrected chi connectivity index (χ3v) is 6.19. The second-order valence-electron chi connectivity index (χ2n) is 5.52. The van der Waals surface area contributed by atoms with Gasteiger partial charge in [0.15, 0.2) is 5.57 Å². The average molecular weight is 428 g/mol. The first-order chi connectivity index (χ1) is 13.2. The zero-order valence-corrected chi connectivity index (χ0v) is 17.2. The summed E-state index contributed by atoms with van der Waals surface area (Å²) in [6, 6.07) is 6.57. The number of thioether (sulfide) groups is 1. The summed E-state index contributed by atoms with van der Waals surface area (Å²) < 4.78 is 33.4. The minimum Gasteiger partial charge on any atom is -0.494 e. The SMILES string of the molecule is CCOC(=O)C(C(=O)Nc1ccc(OCC)cc1)=C1NC(C)=C(S(N)(=O)=O)S1. The van der Waals surface area contributed by atoms with Crippen molar-refractivity contribution in [2.24, 2.45) is 5.14 Å². The summed E-state index contributed by atoms with van der Waals surface area (Å²) in [5.41, 5.74) is 0.298. The zero-order valence-electron chi connectivity index (χ0n) is 15.6. The number of nitrogens with two attached hydrogens (primary N) is 1. The predicted octanol–water partition coefficient (Wildman–Crippen LogP) is 1.61. The highest BCUT2D eigenvalue weighted by Gasteiger charge is 2.33. The number of benzene rings is 1. The lowest BCUT2D eigenvalue weighted by Crippen LogP contribution is -2.26. The fraction of sp³-hybridized carbons (Fsp3) is 0.294. The van der Waals surface area contributed by atoms with E-state index in [9.17, 15) is 18.0 Å². The monoisotopic (exact) mass is 427 g/mol. The first-order valence-electron chi connectivity index (χ1n) is 8.31. The molecule has 1 aliphatic heterocycles. The van der Waals surface area contributed by atoms with Crippen molar-refractivity contribution in [2.75, 3.05) is 18.5 Å². The van der Waals surface area contributed by atoms with Crippen LogP contribution in [0.1, 0.15) is 20.8 Å². The summed E-state index contributed by atoms with van der Waals surface area (Å²) in [5.74, 6) is -0.999. The Morgan fingerprint density at radius 3 is 2.32 bits per heavy atom. The van der Waals surface area contributed by atoms with Crippen LogP contribution in [-0.2, 0) is 24.3 Å². The van der Waals surface area contributed by atoms with Crippen molar-refractivity contribution in [3.63, 3.8) is 0 Å². The molecule has 0 atom stereocenters. The van der Waals surface area contributed by atoms with Crippen LogP contribution in [-0.4, -0.2) is 33.5 Å². The van der Waals surface area contributed by atoms with Crippen LogP contribution in [0.3, 0.4) is 0 Å². The van der Waals surface area contributed by atoms with Crippen LogP contribution in [0.5, 0.6) is 5.75 Å². The Hall–Kier alpha value is -2.50. The molecule has 0 saturated carbocycles. The van der Waals surface area contributed by atoms with Gasteiger partial charge in [-0.05, 0) is 45.0 Å². The lowest BCUT2D eigenvalue weighted by molar-refractivity contribution is -0.139. The Morgan fingerprint density at radius 2 is 1.82 bits per heavy atom. The smallest absolute Gasteiger partial charge is 0.346 e. The highest BCUT2D eigenvalue weighted by molar-refractivity contribution is 8.20. The number of sulfonamides is 1. The molecule has 4 N–H and O–H groups in total. The molecule has 1 heterocycles. The normalized spacial score (nSPS) is 15.7. The zero-order chi connectivity index (χ0) is 20.9. The number of nitrogens with one attached hydrogen (secondary N) is 2. The van der Waals surface area contributed by atoms with Gasteiger partial charge < -0.3 is 20.1 Å². The second-order valence-corrected chi connectivity index (χ2v) is 8.30. The summed E-state index contributed by atoms with van der Waals surface area (Å²) in [7, 11) is -4.00. The van der Waals surface area contributed by atoms with E-state index in [-0.39, 0.29) is 27.1 Å². The number of esters is 1. The molecule has 152 valence electrons. The van der Waals surface area contributed by atoms with Crippen LogP contribution >= 0.6 is 11.8 Å². The summed E-state index contributed by atoms with van der Waals surface area (Å²) in [6.45, 7) is 5.48. The van der Waals surface area contributed by atoms with E-state index in [0.29, 0.717) is 29.8 Å². The number of anilines is 1. The van der Waals surface area contributed by atoms with Crippen molar-refractivity contribution in [1.82, 2.24) is 5.32 Å². The maximum Gasteiger partial charge on any atom is 0.346 e. The summed E-state index contributed by atoms with van der Waals surface area (Å²) >= 11 is 0.689. The number of allylic oxidation sites excluding steroid dienone is 1. The molecule has 1 amide bonds. The van der Waals surface area contributed by atoms with Crippen molar-refractivity contribution < 1.29 is 27.5 Å². The lowest BCUT2D eigenvalue weighted by atomic mass is 10.2. The van der Waals surface area contributed by atoms with Gasteiger partial charge in [-0.2, -0.15) is 0 Å². The molecule has 0 aliphatic carbocycles. The van der Waals surface area contributed by atoms with Crippen molar-refractivity contribution in [3.8, 4) is 5.75 Å². The van der Waals surface area contributed by atoms with Crippen LogP contribution in [0, 0.1) is 0 Å². The Morgan fingerprint density at radius 1 is 1.18 bits per heavy atom. The van der Waals surface area contributed by atoms with Gasteiger partial charge in [0.2, 0.25) is 10.0 Å². The van der Waals surface area contributed by atoms with Gasteiger partial charge in [-0.1, -0.05) is 11.8 Å². The molecule has 0 bridgehead atoms. The molecule has 1 aromatic rings. The largest absolute Gasteiger partial charge is 0.494 e. The van der Waals surface area contributed by atoms with Crippen molar-refractivity contribution in [1.29, 1.82) is 0 Å². The van der Waals surface area contributed by atoms with Gasteiger partial charge in [-0.25, -0.2) is 18.4 Å². The van der Waals surface area contributed by atoms with E-state index in [1.165, 1.54) is 6.92 Å². The molecule has 0 aromatic heterocycles. The molecular weight excluding hydrogens is 406 g/mol. The molecule has 0 spiro atoms. The highest BCUT2D eigenvalue weighted by atomic mass is 32.3. The number of carbonyl (C=O) groups excluding carboxylic acids is 2. The maximum absolute atomic E-state index is 12.7. The lowest BCUT2D eigenvalue weighted by Gasteiger charge is -2.12. The number of primary sulfonamides is 1. The number of hydrogen-bond acceptors (Lipinski definition) is 8. The number of carbonyl (C=O) groups is 2. The Bertz CT molecular complexity index is 936. The van der Waals surface area contributed by atoms with E-state index in [1.54, 1.807) is 31.2 Å². The minimum atomic E-state index is -4.00. The number of ether oxygens (including phenoxy) is 2. The molecule has 1 aliphatic rings. The van der Waals surface area contributed by atoms with Gasteiger partial charge in [0.1, 0.15) is 9.99 Å². The minimum absolute atomic E-state index is 0.0309. The van der Waals surface area contributed by atoms with E-state index in [4.69, 9.17) is 14.6 Å². The standard InChI is InChI=1S/C17H21N3O6S2/c1-4-25-12-8-6-11(7-9-12)20-14(21)13(16(22)26-5-2)15-19-10(3)17(27-15)28(18,23)24/h6-9,19H,4-5H2,1-3H3,(H,20,21)(H2,18,23,24). The second kappa shape index (κ2) is 9.13. The molecule has 0 fully saturated rings. The van der Waals surface area contributed by atoms with Crippen LogP contribution in [0.25, 0.3) is 0 Å². The summed E-state index contributed by atoms with van der Waals surface area (Å²) in [6.07, 6.45) is 0. The van der Waals surface area contributed by atoms with Crippen molar-refractivity contribution >= 4 is 39.3 Å². The van der Waals surface area contributed by atoms with Gasteiger partial charge in [0.25, 0.3) is 5.91 Å². The number of rotatable bonds is 7. The molecule has 11 heteroatoms. The molecule has 1 aromatic carbocycles. The fourth-order valence-electron chi connectivity index (χ4n) is 2.29. The first-order valence-corrected chi connectivity index (χ1v) is 10.7. The van der Waals surface area contributed by atoms with Gasteiger partial charge in [0.05, 0.1) is 18.2 Å². The first kappa shape index (κ1) is 21.8. The van der Waals surface area contributed by atoms with E-state index < -0.39 is 21.9 Å². The third-order valence-electron chi connectivity index (χ3n) is 3.42. The Labute approximate surface area is 167 Å². The Kier molecular flexibility index (Phi) is 7.11. The number of hydrogen-bond donors (Lipinski definition) is 3. The van der Waals surface area contributed by atoms with E-state index in [1.807, 2.05) is 6.92 Å². The van der Waals surface area contributed by atoms with Crippen molar-refractivity contribution in [2.45, 2.75) is 20.8 Å². The van der Waals surface area contributed by atoms with Gasteiger partial charge in [-0.3, -0.25) is 4.79 Å². The third kappa shape index (κ3) is 5.27. The fourth-order valence-corrected chi connectivity index (χ4v) is 4.35. The summed E-state index contributed by atoms with van der Waals surface area (Å²) in [5, 5.41) is 10.5. The highest BCUT2D eigenvalue weighted by Crippen LogP contribution is 2.37. The molecule has 28 heavy (non-hydrogen) atoms. The molecule has 9 nitrogen and oxygen atoms in total. The Balaban J connectivity index is 2.31. The molecule has 0 unspecified atom stereocenters. The average Bonchev–Trinajstić information content (AvgIpc) is 2.99. The predicted molar refractivity (Wildman–Crippen MR) is 106 cm³/mol. The molecule has 2 rings (SSSR count). The quantitative estimate of drug-likeness (QED) is 0.258. The van der Waals surface area contributed by atoms with Crippen molar-refractivity contribution in [3.05, 3.63) is 44.8 Å². The van der Waals surface area contributed by atoms with Crippen LogP contribution in [0.2, 0.25) is 0 Å². The van der Waals surface area contributed by atoms with E-state index in [0.717, 1.165) is 0 Å². The van der Waals surface area contributed by atoms with Crippen LogP contribution < -0.4 is 20.5 Å².